The number of hydrogen-bond donors (Lipinski definition) is 2. The Morgan fingerprint density at radius 2 is 2.19 bits per heavy atom. The topological polar surface area (TPSA) is 66.8 Å². The summed E-state index contributed by atoms with van der Waals surface area (Å²) in [6.07, 6.45) is 0.387. The highest BCUT2D eigenvalue weighted by atomic mass is 79.9. The monoisotopic (exact) mass is 292 g/mol. The maximum atomic E-state index is 13.6. The lowest BCUT2D eigenvalue weighted by Crippen LogP contribution is -2.04. The number of aliphatic hydroxyl groups is 1. The van der Waals surface area contributed by atoms with E-state index in [9.17, 15) is 9.18 Å². The lowest BCUT2D eigenvalue weighted by atomic mass is 10.2. The number of halogens is 2. The van der Waals surface area contributed by atoms with Gasteiger partial charge < -0.3 is 14.9 Å². The van der Waals surface area contributed by atoms with Crippen LogP contribution in [0.5, 0.6) is 5.75 Å². The average molecular weight is 293 g/mol. The number of benzene rings is 1. The number of hydrogen-bond acceptors (Lipinski definition) is 3. The number of rotatable bonds is 5. The van der Waals surface area contributed by atoms with Gasteiger partial charge in [-0.15, -0.1) is 0 Å². The number of carbonyl (C=O) groups is 1. The van der Waals surface area contributed by atoms with Gasteiger partial charge in [-0.2, -0.15) is 0 Å². The Labute approximate surface area is 99.8 Å². The van der Waals surface area contributed by atoms with Gasteiger partial charge in [-0.05, 0) is 28.1 Å². The van der Waals surface area contributed by atoms with E-state index in [0.717, 1.165) is 0 Å². The van der Waals surface area contributed by atoms with Crippen LogP contribution in [0.1, 0.15) is 16.8 Å². The van der Waals surface area contributed by atoms with E-state index in [2.05, 4.69) is 15.9 Å². The van der Waals surface area contributed by atoms with E-state index in [1.165, 1.54) is 12.1 Å². The molecule has 2 N–H and O–H groups in total. The fourth-order valence-corrected chi connectivity index (χ4v) is 1.55. The minimum Gasteiger partial charge on any atom is -0.490 e. The molecule has 0 unspecified atom stereocenters. The Morgan fingerprint density at radius 1 is 1.50 bits per heavy atom. The first kappa shape index (κ1) is 12.9. The van der Waals surface area contributed by atoms with Gasteiger partial charge in [0, 0.05) is 13.0 Å². The number of carboxylic acids is 1. The molecule has 1 aromatic carbocycles. The van der Waals surface area contributed by atoms with Crippen LogP contribution < -0.4 is 4.74 Å². The molecular weight excluding hydrogens is 283 g/mol. The summed E-state index contributed by atoms with van der Waals surface area (Å²) in [5, 5.41) is 17.2. The van der Waals surface area contributed by atoms with Crippen molar-refractivity contribution < 1.29 is 24.1 Å². The van der Waals surface area contributed by atoms with Gasteiger partial charge in [0.1, 0.15) is 0 Å². The average Bonchev–Trinajstić information content (AvgIpc) is 2.24. The fraction of sp³-hybridized carbons (Fsp3) is 0.300. The minimum atomic E-state index is -1.22. The molecule has 0 amide bonds. The predicted octanol–water partition coefficient (Wildman–Crippen LogP) is 2.05. The molecule has 1 rings (SSSR count). The summed E-state index contributed by atoms with van der Waals surface area (Å²) in [6, 6.07) is 2.50. The van der Waals surface area contributed by atoms with Gasteiger partial charge in [0.2, 0.25) is 0 Å². The second kappa shape index (κ2) is 5.81. The Bertz CT molecular complexity index is 395. The quantitative estimate of drug-likeness (QED) is 0.815. The second-order valence-electron chi connectivity index (χ2n) is 2.97. The molecule has 16 heavy (non-hydrogen) atoms. The highest BCUT2D eigenvalue weighted by molar-refractivity contribution is 9.10. The van der Waals surface area contributed by atoms with E-state index in [0.29, 0.717) is 6.42 Å². The van der Waals surface area contributed by atoms with Crippen LogP contribution in [0.3, 0.4) is 0 Å². The van der Waals surface area contributed by atoms with Crippen LogP contribution in [0.2, 0.25) is 0 Å². The number of aliphatic hydroxyl groups excluding tert-OH is 1. The van der Waals surface area contributed by atoms with Crippen molar-refractivity contribution in [2.24, 2.45) is 0 Å². The fourth-order valence-electron chi connectivity index (χ4n) is 1.06. The summed E-state index contributed by atoms with van der Waals surface area (Å²) in [7, 11) is 0. The van der Waals surface area contributed by atoms with Crippen molar-refractivity contribution >= 4 is 21.9 Å². The van der Waals surface area contributed by atoms with E-state index in [1.54, 1.807) is 0 Å². The molecule has 0 aliphatic heterocycles. The largest absolute Gasteiger partial charge is 0.490 e. The van der Waals surface area contributed by atoms with E-state index in [1.807, 2.05) is 0 Å². The molecule has 0 fully saturated rings. The number of ether oxygens (including phenoxy) is 1. The summed E-state index contributed by atoms with van der Waals surface area (Å²) in [4.78, 5) is 10.7. The van der Waals surface area contributed by atoms with Crippen LogP contribution in [-0.4, -0.2) is 29.4 Å². The molecule has 0 aromatic heterocycles. The first-order valence-corrected chi connectivity index (χ1v) is 5.32. The van der Waals surface area contributed by atoms with Crippen LogP contribution in [0.4, 0.5) is 4.39 Å². The van der Waals surface area contributed by atoms with Crippen molar-refractivity contribution in [1.29, 1.82) is 0 Å². The van der Waals surface area contributed by atoms with Crippen LogP contribution >= 0.6 is 15.9 Å². The zero-order valence-corrected chi connectivity index (χ0v) is 9.83. The van der Waals surface area contributed by atoms with Crippen molar-refractivity contribution in [1.82, 2.24) is 0 Å². The maximum Gasteiger partial charge on any atom is 0.336 e. The Kier molecular flexibility index (Phi) is 4.70. The number of carboxylic acid groups (broad SMARTS) is 1. The zero-order valence-electron chi connectivity index (χ0n) is 8.24. The highest BCUT2D eigenvalue weighted by Gasteiger charge is 2.16. The van der Waals surface area contributed by atoms with Crippen LogP contribution in [0.25, 0.3) is 0 Å². The van der Waals surface area contributed by atoms with Crippen molar-refractivity contribution in [2.75, 3.05) is 13.2 Å². The molecule has 0 aliphatic carbocycles. The van der Waals surface area contributed by atoms with Gasteiger partial charge in [-0.3, -0.25) is 0 Å². The molecule has 88 valence electrons. The lowest BCUT2D eigenvalue weighted by Gasteiger charge is -2.08. The summed E-state index contributed by atoms with van der Waals surface area (Å²) in [5.74, 6) is -2.00. The molecule has 4 nitrogen and oxygen atoms in total. The molecular formula is C10H10BrFO4. The molecule has 0 aliphatic rings. The van der Waals surface area contributed by atoms with Crippen molar-refractivity contribution in [3.63, 3.8) is 0 Å². The van der Waals surface area contributed by atoms with Gasteiger partial charge in [0.05, 0.1) is 16.6 Å². The first-order valence-electron chi connectivity index (χ1n) is 4.53. The summed E-state index contributed by atoms with van der Waals surface area (Å²) in [6.45, 7) is 0.127. The van der Waals surface area contributed by atoms with Crippen molar-refractivity contribution in [3.8, 4) is 5.75 Å². The van der Waals surface area contributed by atoms with E-state index in [4.69, 9.17) is 14.9 Å². The van der Waals surface area contributed by atoms with Gasteiger partial charge >= 0.3 is 5.97 Å². The normalized spacial score (nSPS) is 10.2. The zero-order chi connectivity index (χ0) is 12.1. The van der Waals surface area contributed by atoms with Crippen LogP contribution in [-0.2, 0) is 0 Å². The first-order chi connectivity index (χ1) is 7.57. The number of aromatic carboxylic acids is 1. The predicted molar refractivity (Wildman–Crippen MR) is 58.3 cm³/mol. The molecule has 0 atom stereocenters. The lowest BCUT2D eigenvalue weighted by molar-refractivity contribution is 0.0695. The molecule has 0 heterocycles. The SMILES string of the molecule is O=C(O)c1ccc(OCCCO)c(F)c1Br. The smallest absolute Gasteiger partial charge is 0.336 e. The van der Waals surface area contributed by atoms with E-state index in [-0.39, 0.29) is 29.0 Å². The molecule has 0 saturated carbocycles. The molecule has 0 radical (unpaired) electrons. The van der Waals surface area contributed by atoms with E-state index >= 15 is 0 Å². The second-order valence-corrected chi connectivity index (χ2v) is 3.76. The molecule has 6 heteroatoms. The minimum absolute atomic E-state index is 0.0367. The summed E-state index contributed by atoms with van der Waals surface area (Å²) < 4.78 is 18.4. The third-order valence-electron chi connectivity index (χ3n) is 1.84. The Balaban J connectivity index is 2.89. The molecule has 1 aromatic rings. The van der Waals surface area contributed by atoms with Crippen molar-refractivity contribution in [2.45, 2.75) is 6.42 Å². The van der Waals surface area contributed by atoms with Gasteiger partial charge in [-0.1, -0.05) is 0 Å². The Morgan fingerprint density at radius 3 is 2.75 bits per heavy atom. The molecule has 0 saturated heterocycles. The van der Waals surface area contributed by atoms with Gasteiger partial charge in [0.25, 0.3) is 0 Å². The van der Waals surface area contributed by atoms with Gasteiger partial charge in [0.15, 0.2) is 11.6 Å². The summed E-state index contributed by atoms with van der Waals surface area (Å²) in [5.41, 5.74) is -0.160. The molecule has 0 bridgehead atoms. The van der Waals surface area contributed by atoms with Crippen molar-refractivity contribution in [3.05, 3.63) is 28.0 Å². The van der Waals surface area contributed by atoms with Crippen LogP contribution in [0, 0.1) is 5.82 Å². The highest BCUT2D eigenvalue weighted by Crippen LogP contribution is 2.28. The maximum absolute atomic E-state index is 13.6. The van der Waals surface area contributed by atoms with Crippen LogP contribution in [0.15, 0.2) is 16.6 Å². The Hall–Kier alpha value is -1.14. The summed E-state index contributed by atoms with van der Waals surface area (Å²) >= 11 is 2.86. The molecule has 0 spiro atoms. The van der Waals surface area contributed by atoms with Gasteiger partial charge in [-0.25, -0.2) is 9.18 Å². The van der Waals surface area contributed by atoms with E-state index < -0.39 is 11.8 Å². The third-order valence-corrected chi connectivity index (χ3v) is 2.61. The third kappa shape index (κ3) is 2.93. The standard InChI is InChI=1S/C10H10BrFO4/c11-8-6(10(14)15)2-3-7(9(8)12)16-5-1-4-13/h2-3,13H,1,4-5H2,(H,14,15).